The summed E-state index contributed by atoms with van der Waals surface area (Å²) < 4.78 is 0.694. The number of rotatable bonds is 1. The number of pyridine rings is 1. The SMILES string of the molecule is Cc1cc(Br)ncc1B(O)O. The van der Waals surface area contributed by atoms with Crippen LogP contribution in [-0.4, -0.2) is 22.2 Å². The number of aryl methyl sites for hydroxylation is 1. The molecule has 0 aromatic carbocycles. The molecule has 1 heterocycles. The summed E-state index contributed by atoms with van der Waals surface area (Å²) >= 11 is 3.17. The van der Waals surface area contributed by atoms with E-state index < -0.39 is 7.12 Å². The molecular weight excluding hydrogens is 209 g/mol. The Balaban J connectivity index is 3.09. The molecule has 3 nitrogen and oxygen atoms in total. The Morgan fingerprint density at radius 1 is 1.55 bits per heavy atom. The normalized spacial score (nSPS) is 9.82. The Morgan fingerprint density at radius 2 is 2.18 bits per heavy atom. The summed E-state index contributed by atoms with van der Waals surface area (Å²) in [6.07, 6.45) is 1.43. The van der Waals surface area contributed by atoms with Crippen molar-refractivity contribution in [3.8, 4) is 0 Å². The summed E-state index contributed by atoms with van der Waals surface area (Å²) in [5.41, 5.74) is 1.25. The molecule has 0 atom stereocenters. The van der Waals surface area contributed by atoms with E-state index in [0.717, 1.165) is 5.56 Å². The maximum absolute atomic E-state index is 8.80. The van der Waals surface area contributed by atoms with Crippen LogP contribution in [0.5, 0.6) is 0 Å². The highest BCUT2D eigenvalue weighted by atomic mass is 79.9. The first-order valence-corrected chi connectivity index (χ1v) is 3.88. The third-order valence-corrected chi connectivity index (χ3v) is 1.83. The second-order valence-electron chi connectivity index (χ2n) is 2.24. The average molecular weight is 216 g/mol. The molecule has 2 N–H and O–H groups in total. The molecule has 0 unspecified atom stereocenters. The van der Waals surface area contributed by atoms with Crippen LogP contribution in [0.15, 0.2) is 16.9 Å². The zero-order valence-electron chi connectivity index (χ0n) is 5.95. The zero-order chi connectivity index (χ0) is 8.43. The van der Waals surface area contributed by atoms with Gasteiger partial charge in [0, 0.05) is 11.7 Å². The van der Waals surface area contributed by atoms with Crippen LogP contribution >= 0.6 is 15.9 Å². The van der Waals surface area contributed by atoms with E-state index in [-0.39, 0.29) is 0 Å². The predicted octanol–water partition coefficient (Wildman–Crippen LogP) is -0.168. The van der Waals surface area contributed by atoms with Crippen molar-refractivity contribution in [1.29, 1.82) is 0 Å². The van der Waals surface area contributed by atoms with Gasteiger partial charge in [-0.25, -0.2) is 4.98 Å². The quantitative estimate of drug-likeness (QED) is 0.506. The fourth-order valence-electron chi connectivity index (χ4n) is 0.803. The first-order valence-electron chi connectivity index (χ1n) is 3.09. The van der Waals surface area contributed by atoms with Gasteiger partial charge in [0.05, 0.1) is 0 Å². The standard InChI is InChI=1S/C6H7BBrNO2/c1-4-2-6(8)9-3-5(4)7(10)11/h2-3,10-11H,1H3. The lowest BCUT2D eigenvalue weighted by molar-refractivity contribution is 0.425. The van der Waals surface area contributed by atoms with Crippen LogP contribution in [-0.2, 0) is 0 Å². The van der Waals surface area contributed by atoms with E-state index in [1.165, 1.54) is 6.20 Å². The van der Waals surface area contributed by atoms with E-state index in [0.29, 0.717) is 10.1 Å². The van der Waals surface area contributed by atoms with Crippen molar-refractivity contribution >= 4 is 28.5 Å². The number of hydrogen-bond donors (Lipinski definition) is 2. The second kappa shape index (κ2) is 3.34. The molecular formula is C6H7BBrNO2. The molecule has 1 aromatic heterocycles. The number of aromatic nitrogens is 1. The van der Waals surface area contributed by atoms with Gasteiger partial charge < -0.3 is 10.0 Å². The smallest absolute Gasteiger partial charge is 0.423 e. The summed E-state index contributed by atoms with van der Waals surface area (Å²) in [5.74, 6) is 0. The van der Waals surface area contributed by atoms with Crippen molar-refractivity contribution < 1.29 is 10.0 Å². The highest BCUT2D eigenvalue weighted by Crippen LogP contribution is 2.05. The van der Waals surface area contributed by atoms with Crippen molar-refractivity contribution in [2.75, 3.05) is 0 Å². The van der Waals surface area contributed by atoms with Crippen LogP contribution in [0.2, 0.25) is 0 Å². The Morgan fingerprint density at radius 3 is 2.64 bits per heavy atom. The minimum atomic E-state index is -1.43. The monoisotopic (exact) mass is 215 g/mol. The second-order valence-corrected chi connectivity index (χ2v) is 3.05. The molecule has 0 aliphatic heterocycles. The molecule has 0 saturated heterocycles. The maximum atomic E-state index is 8.80. The van der Waals surface area contributed by atoms with Crippen LogP contribution in [0, 0.1) is 6.92 Å². The van der Waals surface area contributed by atoms with Crippen LogP contribution in [0.25, 0.3) is 0 Å². The van der Waals surface area contributed by atoms with Gasteiger partial charge in [-0.3, -0.25) is 0 Å². The molecule has 0 saturated carbocycles. The Bertz CT molecular complexity index is 267. The Hall–Kier alpha value is -0.385. The molecule has 5 heteroatoms. The van der Waals surface area contributed by atoms with Gasteiger partial charge in [0.1, 0.15) is 4.60 Å². The van der Waals surface area contributed by atoms with E-state index in [1.54, 1.807) is 13.0 Å². The summed E-state index contributed by atoms with van der Waals surface area (Å²) in [6, 6.07) is 1.73. The molecule has 0 amide bonds. The highest BCUT2D eigenvalue weighted by Gasteiger charge is 2.13. The fraction of sp³-hybridized carbons (Fsp3) is 0.167. The third-order valence-electron chi connectivity index (χ3n) is 1.40. The van der Waals surface area contributed by atoms with E-state index in [9.17, 15) is 0 Å². The van der Waals surface area contributed by atoms with Crippen molar-refractivity contribution in [1.82, 2.24) is 4.98 Å². The lowest BCUT2D eigenvalue weighted by atomic mass is 9.79. The van der Waals surface area contributed by atoms with Gasteiger partial charge in [-0.05, 0) is 34.5 Å². The largest absolute Gasteiger partial charge is 0.490 e. The van der Waals surface area contributed by atoms with Gasteiger partial charge in [-0.2, -0.15) is 0 Å². The van der Waals surface area contributed by atoms with E-state index in [1.807, 2.05) is 0 Å². The predicted molar refractivity (Wildman–Crippen MR) is 46.5 cm³/mol. The van der Waals surface area contributed by atoms with Crippen molar-refractivity contribution in [2.24, 2.45) is 0 Å². The van der Waals surface area contributed by atoms with Gasteiger partial charge >= 0.3 is 7.12 Å². The summed E-state index contributed by atoms with van der Waals surface area (Å²) in [4.78, 5) is 3.86. The molecule has 0 spiro atoms. The van der Waals surface area contributed by atoms with Crippen LogP contribution in [0.3, 0.4) is 0 Å². The third kappa shape index (κ3) is 2.02. The van der Waals surface area contributed by atoms with E-state index in [2.05, 4.69) is 20.9 Å². The molecule has 0 bridgehead atoms. The highest BCUT2D eigenvalue weighted by molar-refractivity contribution is 9.10. The maximum Gasteiger partial charge on any atom is 0.490 e. The summed E-state index contributed by atoms with van der Waals surface area (Å²) in [7, 11) is -1.43. The first-order chi connectivity index (χ1) is 5.11. The zero-order valence-corrected chi connectivity index (χ0v) is 7.54. The molecule has 1 aromatic rings. The van der Waals surface area contributed by atoms with Crippen LogP contribution in [0.4, 0.5) is 0 Å². The fourth-order valence-corrected chi connectivity index (χ4v) is 1.25. The van der Waals surface area contributed by atoms with Gasteiger partial charge in [-0.1, -0.05) is 0 Å². The van der Waals surface area contributed by atoms with Crippen molar-refractivity contribution in [2.45, 2.75) is 6.92 Å². The minimum absolute atomic E-state index is 0.438. The van der Waals surface area contributed by atoms with Crippen molar-refractivity contribution in [3.05, 3.63) is 22.4 Å². The summed E-state index contributed by atoms with van der Waals surface area (Å²) in [5, 5.41) is 17.6. The lowest BCUT2D eigenvalue weighted by Crippen LogP contribution is -2.32. The van der Waals surface area contributed by atoms with Crippen LogP contribution in [0.1, 0.15) is 5.56 Å². The average Bonchev–Trinajstić information content (AvgIpc) is 1.85. The number of hydrogen-bond acceptors (Lipinski definition) is 3. The summed E-state index contributed by atoms with van der Waals surface area (Å²) in [6.45, 7) is 1.79. The first kappa shape index (κ1) is 8.71. The Labute approximate surface area is 73.4 Å². The Kier molecular flexibility index (Phi) is 2.65. The molecule has 0 fully saturated rings. The molecule has 0 radical (unpaired) electrons. The molecule has 0 aliphatic rings. The van der Waals surface area contributed by atoms with Gasteiger partial charge in [0.2, 0.25) is 0 Å². The van der Waals surface area contributed by atoms with E-state index in [4.69, 9.17) is 10.0 Å². The van der Waals surface area contributed by atoms with Crippen molar-refractivity contribution in [3.63, 3.8) is 0 Å². The molecule has 1 rings (SSSR count). The number of halogens is 1. The number of nitrogens with zero attached hydrogens (tertiary/aromatic N) is 1. The lowest BCUT2D eigenvalue weighted by Gasteiger charge is -2.02. The van der Waals surface area contributed by atoms with Gasteiger partial charge in [0.15, 0.2) is 0 Å². The topological polar surface area (TPSA) is 53.4 Å². The van der Waals surface area contributed by atoms with Crippen LogP contribution < -0.4 is 5.46 Å². The van der Waals surface area contributed by atoms with Gasteiger partial charge in [-0.15, -0.1) is 0 Å². The van der Waals surface area contributed by atoms with E-state index >= 15 is 0 Å². The van der Waals surface area contributed by atoms with Gasteiger partial charge in [0.25, 0.3) is 0 Å². The minimum Gasteiger partial charge on any atom is -0.423 e. The molecule has 0 aliphatic carbocycles. The molecule has 11 heavy (non-hydrogen) atoms. The molecule has 58 valence electrons.